The van der Waals surface area contributed by atoms with Crippen LogP contribution in [0.1, 0.15) is 41.0 Å². The first-order chi connectivity index (χ1) is 9.06. The summed E-state index contributed by atoms with van der Waals surface area (Å²) in [4.78, 5) is 11.8. The zero-order chi connectivity index (χ0) is 15.6. The highest BCUT2D eigenvalue weighted by atomic mass is 32.2. The third-order valence-corrected chi connectivity index (χ3v) is 5.30. The largest absolute Gasteiger partial charge is 0.300 e. The van der Waals surface area contributed by atoms with Crippen LogP contribution in [0, 0.1) is 5.41 Å². The monoisotopic (exact) mass is 320 g/mol. The topological polar surface area (TPSA) is 101 Å². The van der Waals surface area contributed by atoms with E-state index in [0.717, 1.165) is 11.3 Å². The molecule has 0 spiro atoms. The van der Waals surface area contributed by atoms with Gasteiger partial charge in [-0.2, -0.15) is 0 Å². The number of hydrogen-bond donors (Lipinski definition) is 2. The summed E-state index contributed by atoms with van der Waals surface area (Å²) in [5, 5.41) is 10.0. The molecular formula is C11H20N4O3S2. The number of amides is 1. The summed E-state index contributed by atoms with van der Waals surface area (Å²) in [6.07, 6.45) is 0.672. The number of carbonyl (C=O) groups excluding carboxylic acids is 1. The molecule has 0 aliphatic carbocycles. The molecule has 2 N–H and O–H groups in total. The number of hydrogen-bond acceptors (Lipinski definition) is 6. The zero-order valence-corrected chi connectivity index (χ0v) is 13.9. The van der Waals surface area contributed by atoms with E-state index in [0.29, 0.717) is 6.42 Å². The molecule has 114 valence electrons. The third-order valence-electron chi connectivity index (χ3n) is 2.51. The highest BCUT2D eigenvalue weighted by Crippen LogP contribution is 2.23. The summed E-state index contributed by atoms with van der Waals surface area (Å²) >= 11 is 0.832. The van der Waals surface area contributed by atoms with Crippen LogP contribution >= 0.6 is 11.3 Å². The quantitative estimate of drug-likeness (QED) is 0.802. The Morgan fingerprint density at radius 1 is 1.35 bits per heavy atom. The first kappa shape index (κ1) is 17.0. The second-order valence-electron chi connectivity index (χ2n) is 5.51. The van der Waals surface area contributed by atoms with Crippen molar-refractivity contribution in [3.63, 3.8) is 0 Å². The Kier molecular flexibility index (Phi) is 5.22. The maximum absolute atomic E-state index is 12.0. The Hall–Kier alpha value is -1.06. The van der Waals surface area contributed by atoms with E-state index in [1.807, 2.05) is 6.92 Å². The first-order valence-corrected chi connectivity index (χ1v) is 8.53. The molecule has 0 bridgehead atoms. The Morgan fingerprint density at radius 2 is 1.95 bits per heavy atom. The number of carbonyl (C=O) groups is 1. The number of aromatic nitrogens is 2. The second kappa shape index (κ2) is 6.15. The van der Waals surface area contributed by atoms with Crippen molar-refractivity contribution in [3.05, 3.63) is 0 Å². The van der Waals surface area contributed by atoms with Gasteiger partial charge < -0.3 is 5.32 Å². The highest BCUT2D eigenvalue weighted by Gasteiger charge is 2.25. The van der Waals surface area contributed by atoms with Crippen molar-refractivity contribution in [1.29, 1.82) is 0 Å². The van der Waals surface area contributed by atoms with Gasteiger partial charge in [0.1, 0.15) is 0 Å². The molecule has 9 heteroatoms. The van der Waals surface area contributed by atoms with E-state index in [2.05, 4.69) is 20.2 Å². The zero-order valence-electron chi connectivity index (χ0n) is 12.2. The minimum absolute atomic E-state index is 0.151. The molecule has 0 saturated carbocycles. The van der Waals surface area contributed by atoms with Gasteiger partial charge in [-0.05, 0) is 13.3 Å². The average Bonchev–Trinajstić information content (AvgIpc) is 2.76. The number of nitrogens with zero attached hydrogens (tertiary/aromatic N) is 2. The standard InChI is InChI=1S/C11H20N4O3S2/c1-6-7(2)15-20(17,18)10-14-13-9(19-10)12-8(16)11(3,4)5/h7,15H,6H2,1-5H3,(H,12,13,16)/t7-/m0/s1. The summed E-state index contributed by atoms with van der Waals surface area (Å²) in [5.74, 6) is -0.243. The number of rotatable bonds is 5. The lowest BCUT2D eigenvalue weighted by molar-refractivity contribution is -0.123. The van der Waals surface area contributed by atoms with E-state index in [1.54, 1.807) is 27.7 Å². The first-order valence-electron chi connectivity index (χ1n) is 6.23. The van der Waals surface area contributed by atoms with Crippen molar-refractivity contribution >= 4 is 32.4 Å². The Bertz CT molecular complexity index is 575. The molecule has 1 aromatic rings. The molecule has 7 nitrogen and oxygen atoms in total. The van der Waals surface area contributed by atoms with E-state index < -0.39 is 15.4 Å². The van der Waals surface area contributed by atoms with Gasteiger partial charge in [-0.15, -0.1) is 10.2 Å². The van der Waals surface area contributed by atoms with Crippen LogP contribution < -0.4 is 10.0 Å². The maximum Gasteiger partial charge on any atom is 0.270 e. The lowest BCUT2D eigenvalue weighted by atomic mass is 9.96. The Labute approximate surface area is 123 Å². The van der Waals surface area contributed by atoms with Gasteiger partial charge in [0.25, 0.3) is 10.0 Å². The third kappa shape index (κ3) is 4.50. The van der Waals surface area contributed by atoms with E-state index in [9.17, 15) is 13.2 Å². The minimum atomic E-state index is -3.68. The maximum atomic E-state index is 12.0. The molecule has 1 heterocycles. The molecule has 0 saturated heterocycles. The fourth-order valence-electron chi connectivity index (χ4n) is 1.05. The van der Waals surface area contributed by atoms with E-state index in [-0.39, 0.29) is 21.4 Å². The number of sulfonamides is 1. The summed E-state index contributed by atoms with van der Waals surface area (Å²) in [5.41, 5.74) is -0.584. The number of nitrogens with one attached hydrogen (secondary N) is 2. The van der Waals surface area contributed by atoms with Crippen molar-refractivity contribution in [2.24, 2.45) is 5.41 Å². The molecule has 0 aromatic carbocycles. The van der Waals surface area contributed by atoms with Gasteiger partial charge in [0, 0.05) is 11.5 Å². The molecular weight excluding hydrogens is 300 g/mol. The molecule has 0 aliphatic rings. The predicted molar refractivity (Wildman–Crippen MR) is 78.1 cm³/mol. The van der Waals surface area contributed by atoms with E-state index in [1.165, 1.54) is 0 Å². The van der Waals surface area contributed by atoms with Gasteiger partial charge in [-0.25, -0.2) is 13.1 Å². The fourth-order valence-corrected chi connectivity index (χ4v) is 3.29. The van der Waals surface area contributed by atoms with Crippen molar-refractivity contribution in [2.75, 3.05) is 5.32 Å². The van der Waals surface area contributed by atoms with E-state index >= 15 is 0 Å². The van der Waals surface area contributed by atoms with Crippen LogP contribution in [0.5, 0.6) is 0 Å². The van der Waals surface area contributed by atoms with Gasteiger partial charge in [-0.3, -0.25) is 4.79 Å². The van der Waals surface area contributed by atoms with Crippen molar-refractivity contribution < 1.29 is 13.2 Å². The van der Waals surface area contributed by atoms with Crippen molar-refractivity contribution in [2.45, 2.75) is 51.4 Å². The molecule has 1 rings (SSSR count). The van der Waals surface area contributed by atoms with E-state index in [4.69, 9.17) is 0 Å². The van der Waals surface area contributed by atoms with Gasteiger partial charge in [0.15, 0.2) is 0 Å². The lowest BCUT2D eigenvalue weighted by Crippen LogP contribution is -2.31. The van der Waals surface area contributed by atoms with Crippen LogP contribution in [0.2, 0.25) is 0 Å². The predicted octanol–water partition coefficient (Wildman–Crippen LogP) is 1.60. The molecule has 0 fully saturated rings. The van der Waals surface area contributed by atoms with Crippen LogP contribution in [0.25, 0.3) is 0 Å². The molecule has 1 amide bonds. The van der Waals surface area contributed by atoms with Crippen LogP contribution in [0.3, 0.4) is 0 Å². The van der Waals surface area contributed by atoms with Crippen LogP contribution in [-0.2, 0) is 14.8 Å². The summed E-state index contributed by atoms with van der Waals surface area (Å²) < 4.78 is 26.3. The summed E-state index contributed by atoms with van der Waals surface area (Å²) in [6, 6.07) is -0.184. The van der Waals surface area contributed by atoms with Crippen LogP contribution in [-0.4, -0.2) is 30.6 Å². The van der Waals surface area contributed by atoms with Gasteiger partial charge >= 0.3 is 0 Å². The fraction of sp³-hybridized carbons (Fsp3) is 0.727. The molecule has 1 aromatic heterocycles. The second-order valence-corrected chi connectivity index (χ2v) is 8.37. The SMILES string of the molecule is CC[C@H](C)NS(=O)(=O)c1nnc(NC(=O)C(C)(C)C)s1. The Balaban J connectivity index is 2.85. The highest BCUT2D eigenvalue weighted by molar-refractivity contribution is 7.91. The number of anilines is 1. The van der Waals surface area contributed by atoms with Crippen LogP contribution in [0.4, 0.5) is 5.13 Å². The molecule has 1 atom stereocenters. The molecule has 0 aliphatic heterocycles. The summed E-state index contributed by atoms with van der Waals surface area (Å²) in [7, 11) is -3.68. The van der Waals surface area contributed by atoms with Crippen molar-refractivity contribution in [3.8, 4) is 0 Å². The summed E-state index contributed by atoms with van der Waals surface area (Å²) in [6.45, 7) is 8.91. The van der Waals surface area contributed by atoms with Crippen molar-refractivity contribution in [1.82, 2.24) is 14.9 Å². The normalized spacial score (nSPS) is 14.1. The van der Waals surface area contributed by atoms with Crippen LogP contribution in [0.15, 0.2) is 4.34 Å². The Morgan fingerprint density at radius 3 is 2.45 bits per heavy atom. The molecule has 0 unspecified atom stereocenters. The lowest BCUT2D eigenvalue weighted by Gasteiger charge is -2.15. The molecule has 20 heavy (non-hydrogen) atoms. The van der Waals surface area contributed by atoms with Gasteiger partial charge in [0.05, 0.1) is 0 Å². The molecule has 0 radical (unpaired) electrons. The smallest absolute Gasteiger partial charge is 0.270 e. The average molecular weight is 320 g/mol. The minimum Gasteiger partial charge on any atom is -0.300 e. The van der Waals surface area contributed by atoms with Gasteiger partial charge in [-0.1, -0.05) is 39.0 Å². The van der Waals surface area contributed by atoms with Gasteiger partial charge in [0.2, 0.25) is 15.4 Å².